The molecule has 5 nitrogen and oxygen atoms in total. The van der Waals surface area contributed by atoms with Crippen LogP contribution in [-0.4, -0.2) is 28.3 Å². The lowest BCUT2D eigenvalue weighted by Crippen LogP contribution is -2.13. The Morgan fingerprint density at radius 1 is 1.35 bits per heavy atom. The van der Waals surface area contributed by atoms with Crippen LogP contribution < -0.4 is 10.9 Å². The normalized spacial score (nSPS) is 11.1. The highest BCUT2D eigenvalue weighted by Gasteiger charge is 2.20. The number of rotatable bonds is 5. The summed E-state index contributed by atoms with van der Waals surface area (Å²) in [5.74, 6) is -0.0476. The van der Waals surface area contributed by atoms with E-state index in [1.54, 1.807) is 6.92 Å². The number of amides is 1. The van der Waals surface area contributed by atoms with Crippen molar-refractivity contribution in [2.75, 3.05) is 17.7 Å². The second kappa shape index (κ2) is 7.59. The van der Waals surface area contributed by atoms with Gasteiger partial charge in [-0.2, -0.15) is 0 Å². The van der Waals surface area contributed by atoms with E-state index in [2.05, 4.69) is 15.3 Å². The maximum absolute atomic E-state index is 12.7. The highest BCUT2D eigenvalue weighted by atomic mass is 32.2. The van der Waals surface area contributed by atoms with Gasteiger partial charge in [0, 0.05) is 11.4 Å². The fourth-order valence-electron chi connectivity index (χ4n) is 2.68. The molecule has 136 valence electrons. The number of nitrogens with one attached hydrogen (secondary N) is 2. The molecule has 8 heteroatoms. The topological polar surface area (TPSA) is 74.8 Å². The molecular formula is C18H18FN3O2S2. The lowest BCUT2D eigenvalue weighted by atomic mass is 10.1. The minimum Gasteiger partial charge on any atom is -0.321 e. The van der Waals surface area contributed by atoms with Gasteiger partial charge < -0.3 is 10.3 Å². The first-order chi connectivity index (χ1) is 12.4. The van der Waals surface area contributed by atoms with E-state index in [1.165, 1.54) is 11.3 Å². The summed E-state index contributed by atoms with van der Waals surface area (Å²) in [7, 11) is 0. The van der Waals surface area contributed by atoms with Gasteiger partial charge in [-0.1, -0.05) is 29.5 Å². The predicted molar refractivity (Wildman–Crippen MR) is 106 cm³/mol. The molecule has 1 aromatic carbocycles. The molecule has 0 aliphatic carbocycles. The summed E-state index contributed by atoms with van der Waals surface area (Å²) >= 11 is 2.32. The Labute approximate surface area is 158 Å². The summed E-state index contributed by atoms with van der Waals surface area (Å²) < 4.78 is 12.3. The monoisotopic (exact) mass is 391 g/mol. The van der Waals surface area contributed by atoms with Crippen LogP contribution in [-0.2, 0) is 0 Å². The number of carbonyl (C=O) groups excluding carboxylic acids is 1. The Bertz CT molecular complexity index is 1040. The molecule has 1 amide bonds. The van der Waals surface area contributed by atoms with Gasteiger partial charge in [0.2, 0.25) is 0 Å². The van der Waals surface area contributed by atoms with Gasteiger partial charge in [0.25, 0.3) is 11.5 Å². The molecule has 0 saturated carbocycles. The van der Waals surface area contributed by atoms with Crippen LogP contribution in [0, 0.1) is 20.8 Å². The standard InChI is InChI=1S/C18H18FN3O2S2/c1-9-4-5-12(10(2)8-9)20-16(24)14-11(3)13-15(23)21-18(25-7-6-19)22-17(13)26-14/h4-5,8H,6-7H2,1-3H3,(H,20,24)(H,21,22,23). The summed E-state index contributed by atoms with van der Waals surface area (Å²) in [6.45, 7) is 5.16. The first-order valence-electron chi connectivity index (χ1n) is 8.01. The Kier molecular flexibility index (Phi) is 5.43. The second-order valence-electron chi connectivity index (χ2n) is 5.92. The van der Waals surface area contributed by atoms with Crippen molar-refractivity contribution < 1.29 is 9.18 Å². The number of carbonyl (C=O) groups is 1. The molecule has 2 heterocycles. The molecule has 3 rings (SSSR count). The number of fused-ring (bicyclic) bond motifs is 1. The average molecular weight is 391 g/mol. The Balaban J connectivity index is 1.96. The smallest absolute Gasteiger partial charge is 0.266 e. The summed E-state index contributed by atoms with van der Waals surface area (Å²) in [4.78, 5) is 33.0. The lowest BCUT2D eigenvalue weighted by molar-refractivity contribution is 0.103. The number of H-pyrrole nitrogens is 1. The number of nitrogens with zero attached hydrogens (tertiary/aromatic N) is 1. The molecule has 0 spiro atoms. The van der Waals surface area contributed by atoms with Crippen molar-refractivity contribution in [2.45, 2.75) is 25.9 Å². The van der Waals surface area contributed by atoms with Crippen LogP contribution >= 0.6 is 23.1 Å². The van der Waals surface area contributed by atoms with E-state index in [-0.39, 0.29) is 17.2 Å². The van der Waals surface area contributed by atoms with Crippen LogP contribution in [0.25, 0.3) is 10.2 Å². The van der Waals surface area contributed by atoms with Crippen molar-refractivity contribution in [1.82, 2.24) is 9.97 Å². The predicted octanol–water partition coefficient (Wildman–Crippen LogP) is 4.22. The maximum atomic E-state index is 12.7. The van der Waals surface area contributed by atoms with Crippen LogP contribution in [0.5, 0.6) is 0 Å². The van der Waals surface area contributed by atoms with Crippen LogP contribution in [0.4, 0.5) is 10.1 Å². The fraction of sp³-hybridized carbons (Fsp3) is 0.278. The quantitative estimate of drug-likeness (QED) is 0.504. The molecule has 0 bridgehead atoms. The first-order valence-corrected chi connectivity index (χ1v) is 9.81. The average Bonchev–Trinajstić information content (AvgIpc) is 2.92. The SMILES string of the molecule is Cc1ccc(NC(=O)c2sc3nc(SCCF)[nH]c(=O)c3c2C)c(C)c1. The number of thiophene rings is 1. The Hall–Kier alpha value is -2.19. The van der Waals surface area contributed by atoms with E-state index < -0.39 is 6.67 Å². The van der Waals surface area contributed by atoms with E-state index >= 15 is 0 Å². The largest absolute Gasteiger partial charge is 0.321 e. The number of hydrogen-bond donors (Lipinski definition) is 2. The van der Waals surface area contributed by atoms with E-state index in [1.807, 2.05) is 32.0 Å². The minimum atomic E-state index is -0.501. The third-order valence-corrected chi connectivity index (χ3v) is 5.94. The zero-order valence-electron chi connectivity index (χ0n) is 14.6. The molecule has 0 aliphatic heterocycles. The Morgan fingerprint density at radius 3 is 2.81 bits per heavy atom. The number of hydrogen-bond acceptors (Lipinski definition) is 5. The molecule has 26 heavy (non-hydrogen) atoms. The van der Waals surface area contributed by atoms with Crippen LogP contribution in [0.2, 0.25) is 0 Å². The molecule has 0 saturated heterocycles. The Morgan fingerprint density at radius 2 is 2.12 bits per heavy atom. The van der Waals surface area contributed by atoms with Crippen LogP contribution in [0.1, 0.15) is 26.4 Å². The first kappa shape index (κ1) is 18.6. The van der Waals surface area contributed by atoms with E-state index in [4.69, 9.17) is 0 Å². The molecule has 0 atom stereocenters. The van der Waals surface area contributed by atoms with Crippen molar-refractivity contribution in [3.8, 4) is 0 Å². The number of aromatic amines is 1. The third-order valence-electron chi connectivity index (χ3n) is 3.93. The molecule has 0 unspecified atom stereocenters. The van der Waals surface area contributed by atoms with Gasteiger partial charge >= 0.3 is 0 Å². The summed E-state index contributed by atoms with van der Waals surface area (Å²) in [6, 6.07) is 5.79. The van der Waals surface area contributed by atoms with Gasteiger partial charge in [-0.3, -0.25) is 14.0 Å². The second-order valence-corrected chi connectivity index (χ2v) is 8.00. The molecule has 2 N–H and O–H groups in total. The number of alkyl halides is 1. The molecule has 0 fully saturated rings. The summed E-state index contributed by atoms with van der Waals surface area (Å²) in [6.07, 6.45) is 0. The van der Waals surface area contributed by atoms with Crippen molar-refractivity contribution in [2.24, 2.45) is 0 Å². The van der Waals surface area contributed by atoms with Gasteiger partial charge in [0.1, 0.15) is 4.83 Å². The fourth-order valence-corrected chi connectivity index (χ4v) is 4.40. The van der Waals surface area contributed by atoms with Crippen LogP contribution in [0.15, 0.2) is 28.2 Å². The summed E-state index contributed by atoms with van der Waals surface area (Å²) in [5.41, 5.74) is 3.11. The highest BCUT2D eigenvalue weighted by Crippen LogP contribution is 2.29. The van der Waals surface area contributed by atoms with Gasteiger partial charge in [0.15, 0.2) is 5.16 Å². The molecule has 0 radical (unpaired) electrons. The number of anilines is 1. The molecule has 2 aromatic heterocycles. The van der Waals surface area contributed by atoms with Crippen molar-refractivity contribution in [3.63, 3.8) is 0 Å². The number of thioether (sulfide) groups is 1. The van der Waals surface area contributed by atoms with Crippen molar-refractivity contribution >= 4 is 44.9 Å². The van der Waals surface area contributed by atoms with E-state index in [9.17, 15) is 14.0 Å². The zero-order valence-corrected chi connectivity index (χ0v) is 16.2. The molecular weight excluding hydrogens is 373 g/mol. The number of aromatic nitrogens is 2. The maximum Gasteiger partial charge on any atom is 0.266 e. The molecule has 3 aromatic rings. The van der Waals surface area contributed by atoms with Gasteiger partial charge in [0.05, 0.1) is 16.9 Å². The van der Waals surface area contributed by atoms with E-state index in [0.717, 1.165) is 28.6 Å². The van der Waals surface area contributed by atoms with Gasteiger partial charge in [-0.05, 0) is 38.0 Å². The number of aryl methyl sites for hydroxylation is 3. The van der Waals surface area contributed by atoms with Gasteiger partial charge in [-0.15, -0.1) is 11.3 Å². The number of benzene rings is 1. The van der Waals surface area contributed by atoms with Crippen molar-refractivity contribution in [3.05, 3.63) is 50.1 Å². The minimum absolute atomic E-state index is 0.221. The van der Waals surface area contributed by atoms with Crippen molar-refractivity contribution in [1.29, 1.82) is 0 Å². The van der Waals surface area contributed by atoms with E-state index in [0.29, 0.717) is 25.8 Å². The molecule has 0 aliphatic rings. The summed E-state index contributed by atoms with van der Waals surface area (Å²) in [5, 5.41) is 3.67. The lowest BCUT2D eigenvalue weighted by Gasteiger charge is -2.08. The highest BCUT2D eigenvalue weighted by molar-refractivity contribution is 7.99. The van der Waals surface area contributed by atoms with Crippen LogP contribution in [0.3, 0.4) is 0 Å². The zero-order chi connectivity index (χ0) is 18.8. The third kappa shape index (κ3) is 3.66. The number of halogens is 1. The van der Waals surface area contributed by atoms with Gasteiger partial charge in [-0.25, -0.2) is 4.98 Å².